The maximum Gasteiger partial charge on any atom is 2.00 e. The number of carbonyl (C=O) groups excluding carboxylic acids is 2. The molecule has 0 rings (SSSR count). The molecule has 0 bridgehead atoms. The van der Waals surface area contributed by atoms with E-state index in [1.807, 2.05) is 0 Å². The molecule has 0 aromatic carbocycles. The largest absolute Gasteiger partial charge is 2.00 e. The van der Waals surface area contributed by atoms with E-state index in [4.69, 9.17) is 0 Å². The van der Waals surface area contributed by atoms with Gasteiger partial charge in [0.15, 0.2) is 0 Å². The van der Waals surface area contributed by atoms with E-state index in [1.165, 1.54) is 89.9 Å². The predicted molar refractivity (Wildman–Crippen MR) is 114 cm³/mol. The summed E-state index contributed by atoms with van der Waals surface area (Å²) in [5, 5.41) is 20.2. The second-order valence-corrected chi connectivity index (χ2v) is 7.90. The fourth-order valence-electron chi connectivity index (χ4n) is 3.16. The summed E-state index contributed by atoms with van der Waals surface area (Å²) in [4.78, 5) is 20.2. The number of aliphatic carboxylic acids is 2. The molecule has 0 saturated heterocycles. The Morgan fingerprint density at radius 2 is 0.655 bits per heavy atom. The average molecular weight is 594 g/mol. The monoisotopic (exact) mass is 593 g/mol. The van der Waals surface area contributed by atoms with Gasteiger partial charge in [0.05, 0.1) is 0 Å². The summed E-state index contributed by atoms with van der Waals surface area (Å²) < 4.78 is 0. The van der Waals surface area contributed by atoms with Crippen molar-refractivity contribution in [1.29, 1.82) is 0 Å². The second kappa shape index (κ2) is 29.8. The van der Waals surface area contributed by atoms with Crippen molar-refractivity contribution in [2.75, 3.05) is 0 Å². The molecule has 0 heterocycles. The molecule has 5 heteroatoms. The van der Waals surface area contributed by atoms with E-state index in [9.17, 15) is 19.8 Å². The minimum atomic E-state index is -0.909. The molecule has 0 aliphatic rings. The van der Waals surface area contributed by atoms with Crippen molar-refractivity contribution < 1.29 is 40.9 Å². The first-order valence-corrected chi connectivity index (χ1v) is 11.9. The molecule has 0 aromatic heterocycles. The van der Waals surface area contributed by atoms with Gasteiger partial charge in [0.25, 0.3) is 0 Å². The van der Waals surface area contributed by atoms with Gasteiger partial charge in [0, 0.05) is 11.9 Å². The summed E-state index contributed by atoms with van der Waals surface area (Å²) in [6.45, 7) is 4.44. The number of hydrogen-bond acceptors (Lipinski definition) is 4. The van der Waals surface area contributed by atoms with Crippen LogP contribution in [0.5, 0.6) is 0 Å². The summed E-state index contributed by atoms with van der Waals surface area (Å²) in [7, 11) is 0. The van der Waals surface area contributed by atoms with Crippen LogP contribution in [0.3, 0.4) is 0 Å². The number of carbonyl (C=O) groups is 2. The first-order chi connectivity index (χ1) is 13.5. The van der Waals surface area contributed by atoms with Crippen molar-refractivity contribution in [3.05, 3.63) is 0 Å². The van der Waals surface area contributed by atoms with Crippen LogP contribution in [0.1, 0.15) is 142 Å². The molecule has 0 saturated carbocycles. The molecule has 0 amide bonds. The molecular weight excluding hydrogens is 547 g/mol. The van der Waals surface area contributed by atoms with Gasteiger partial charge in [-0.05, 0) is 25.7 Å². The van der Waals surface area contributed by atoms with E-state index in [2.05, 4.69) is 13.8 Å². The Morgan fingerprint density at radius 1 is 0.448 bits per heavy atom. The molecule has 0 unspecified atom stereocenters. The molecule has 0 aromatic rings. The molecule has 0 N–H and O–H groups in total. The van der Waals surface area contributed by atoms with Crippen LogP contribution >= 0.6 is 0 Å². The standard InChI is InChI=1S/2C12H24O2.Pt/c2*1-2-3-4-5-6-7-8-9-10-11-12(13)14;/h2*2-11H2,1H3,(H,13,14);/q;;+2/p-2. The Morgan fingerprint density at radius 3 is 0.862 bits per heavy atom. The van der Waals surface area contributed by atoms with Crippen LogP contribution in [-0.2, 0) is 30.7 Å². The minimum absolute atomic E-state index is 0. The zero-order valence-electron chi connectivity index (χ0n) is 19.1. The van der Waals surface area contributed by atoms with Crippen LogP contribution in [-0.4, -0.2) is 11.9 Å². The first kappa shape index (κ1) is 33.3. The topological polar surface area (TPSA) is 80.3 Å². The Bertz CT molecular complexity index is 303. The summed E-state index contributed by atoms with van der Waals surface area (Å²) >= 11 is 0. The third-order valence-corrected chi connectivity index (χ3v) is 4.97. The quantitative estimate of drug-likeness (QED) is 0.179. The van der Waals surface area contributed by atoms with Crippen molar-refractivity contribution in [1.82, 2.24) is 0 Å². The number of unbranched alkanes of at least 4 members (excludes halogenated alkanes) is 16. The maximum atomic E-state index is 10.1. The second-order valence-electron chi connectivity index (χ2n) is 7.90. The SMILES string of the molecule is CCCCCCCCCCCC(=O)[O-].CCCCCCCCCCCC(=O)[O-].[Pt+2]. The normalized spacial score (nSPS) is 10.0. The van der Waals surface area contributed by atoms with E-state index in [-0.39, 0.29) is 33.9 Å². The Hall–Kier alpha value is -0.372. The number of carboxylic acid groups (broad SMARTS) is 2. The minimum Gasteiger partial charge on any atom is -0.550 e. The summed E-state index contributed by atoms with van der Waals surface area (Å²) in [5.74, 6) is -1.82. The third-order valence-electron chi connectivity index (χ3n) is 4.97. The smallest absolute Gasteiger partial charge is 0.550 e. The van der Waals surface area contributed by atoms with Gasteiger partial charge in [0.2, 0.25) is 0 Å². The molecule has 176 valence electrons. The van der Waals surface area contributed by atoms with Gasteiger partial charge in [-0.3, -0.25) is 0 Å². The molecule has 0 spiro atoms. The molecule has 0 aliphatic carbocycles. The van der Waals surface area contributed by atoms with Crippen molar-refractivity contribution in [3.8, 4) is 0 Å². The van der Waals surface area contributed by atoms with Crippen LogP contribution in [0.2, 0.25) is 0 Å². The molecule has 4 nitrogen and oxygen atoms in total. The first-order valence-electron chi connectivity index (χ1n) is 11.9. The van der Waals surface area contributed by atoms with Gasteiger partial charge >= 0.3 is 21.1 Å². The van der Waals surface area contributed by atoms with Crippen molar-refractivity contribution >= 4 is 11.9 Å². The van der Waals surface area contributed by atoms with Gasteiger partial charge in [-0.1, -0.05) is 117 Å². The van der Waals surface area contributed by atoms with E-state index < -0.39 is 11.9 Å². The molecule has 0 radical (unpaired) electrons. The zero-order chi connectivity index (χ0) is 21.3. The van der Waals surface area contributed by atoms with Crippen LogP contribution in [0.25, 0.3) is 0 Å². The Labute approximate surface area is 194 Å². The Kier molecular flexibility index (Phi) is 34.2. The fraction of sp³-hybridized carbons (Fsp3) is 0.917. The third kappa shape index (κ3) is 38.8. The van der Waals surface area contributed by atoms with E-state index in [0.29, 0.717) is 0 Å². The molecule has 29 heavy (non-hydrogen) atoms. The molecular formula is C24H46O4Pt. The zero-order valence-corrected chi connectivity index (χ0v) is 21.4. The summed E-state index contributed by atoms with van der Waals surface area (Å²) in [6, 6.07) is 0. The van der Waals surface area contributed by atoms with Crippen LogP contribution in [0, 0.1) is 0 Å². The van der Waals surface area contributed by atoms with Gasteiger partial charge in [-0.15, -0.1) is 0 Å². The average Bonchev–Trinajstić information content (AvgIpc) is 2.65. The fourth-order valence-corrected chi connectivity index (χ4v) is 3.16. The van der Waals surface area contributed by atoms with Crippen molar-refractivity contribution in [3.63, 3.8) is 0 Å². The number of rotatable bonds is 20. The van der Waals surface area contributed by atoms with Crippen LogP contribution < -0.4 is 10.2 Å². The molecule has 0 aliphatic heterocycles. The van der Waals surface area contributed by atoms with Gasteiger partial charge in [0.1, 0.15) is 0 Å². The number of hydrogen-bond donors (Lipinski definition) is 0. The van der Waals surface area contributed by atoms with Gasteiger partial charge in [-0.25, -0.2) is 0 Å². The van der Waals surface area contributed by atoms with Crippen LogP contribution in [0.15, 0.2) is 0 Å². The molecule has 0 atom stereocenters. The summed E-state index contributed by atoms with van der Waals surface area (Å²) in [6.07, 6.45) is 22.3. The van der Waals surface area contributed by atoms with Gasteiger partial charge < -0.3 is 19.8 Å². The van der Waals surface area contributed by atoms with Crippen LogP contribution in [0.4, 0.5) is 0 Å². The summed E-state index contributed by atoms with van der Waals surface area (Å²) in [5.41, 5.74) is 0. The van der Waals surface area contributed by atoms with Crippen molar-refractivity contribution in [2.45, 2.75) is 142 Å². The van der Waals surface area contributed by atoms with Gasteiger partial charge in [-0.2, -0.15) is 0 Å². The maximum absolute atomic E-state index is 10.1. The van der Waals surface area contributed by atoms with E-state index >= 15 is 0 Å². The Balaban J connectivity index is -0.000000451. The number of carboxylic acids is 2. The predicted octanol–water partition coefficient (Wildman–Crippen LogP) is 5.31. The van der Waals surface area contributed by atoms with Crippen molar-refractivity contribution in [2.24, 2.45) is 0 Å². The van der Waals surface area contributed by atoms with E-state index in [1.54, 1.807) is 0 Å². The molecule has 0 fully saturated rings. The van der Waals surface area contributed by atoms with E-state index in [0.717, 1.165) is 25.7 Å².